The third-order valence-electron chi connectivity index (χ3n) is 10.8. The fourth-order valence-corrected chi connectivity index (χ4v) is 7.34. The number of esters is 1. The number of carbonyl (C=O) groups excluding carboxylic acids is 5. The molecular formula is C42H49N9O10. The van der Waals surface area contributed by atoms with Gasteiger partial charge in [-0.1, -0.05) is 60.7 Å². The second kappa shape index (κ2) is 19.5. The number of nitrogens with zero attached hydrogens (tertiary/aromatic N) is 2. The van der Waals surface area contributed by atoms with Crippen molar-refractivity contribution < 1.29 is 38.6 Å². The van der Waals surface area contributed by atoms with Gasteiger partial charge in [0.15, 0.2) is 6.23 Å². The lowest BCUT2D eigenvalue weighted by Gasteiger charge is -2.33. The molecule has 1 saturated heterocycles. The monoisotopic (exact) mass is 839 g/mol. The van der Waals surface area contributed by atoms with E-state index in [-0.39, 0.29) is 32.4 Å². The molecule has 0 bridgehead atoms. The molecule has 1 aliphatic heterocycles. The lowest BCUT2D eigenvalue weighted by atomic mass is 10.00. The molecule has 5 amide bonds. The van der Waals surface area contributed by atoms with Gasteiger partial charge in [0.25, 0.3) is 5.56 Å². The van der Waals surface area contributed by atoms with Gasteiger partial charge in [-0.25, -0.2) is 14.4 Å². The van der Waals surface area contributed by atoms with Crippen LogP contribution in [0.25, 0.3) is 21.7 Å². The van der Waals surface area contributed by atoms with Crippen LogP contribution in [0.5, 0.6) is 0 Å². The first kappa shape index (κ1) is 43.7. The van der Waals surface area contributed by atoms with E-state index in [9.17, 15) is 38.7 Å². The molecule has 322 valence electrons. The summed E-state index contributed by atoms with van der Waals surface area (Å²) >= 11 is 0. The first-order valence-electron chi connectivity index (χ1n) is 19.6. The summed E-state index contributed by atoms with van der Waals surface area (Å²) in [6.07, 6.45) is -0.153. The van der Waals surface area contributed by atoms with Gasteiger partial charge in [-0.3, -0.25) is 28.7 Å². The van der Waals surface area contributed by atoms with Crippen LogP contribution in [0, 0.1) is 0 Å². The first-order valence-corrected chi connectivity index (χ1v) is 19.6. The van der Waals surface area contributed by atoms with Crippen LogP contribution < -0.4 is 38.2 Å². The minimum absolute atomic E-state index is 0.00833. The number of nitrogens with one attached hydrogen (secondary N) is 6. The summed E-state index contributed by atoms with van der Waals surface area (Å²) in [6, 6.07) is 16.0. The lowest BCUT2D eigenvalue weighted by Crippen LogP contribution is -2.62. The van der Waals surface area contributed by atoms with E-state index in [2.05, 4.69) is 31.2 Å². The number of ether oxygens (including phenoxy) is 2. The molecule has 0 spiro atoms. The average Bonchev–Trinajstić information content (AvgIpc) is 3.85. The van der Waals surface area contributed by atoms with Gasteiger partial charge in [0.05, 0.1) is 25.8 Å². The molecule has 1 fully saturated rings. The Labute approximate surface area is 349 Å². The Kier molecular flexibility index (Phi) is 14.0. The van der Waals surface area contributed by atoms with Crippen molar-refractivity contribution in [1.82, 2.24) is 40.7 Å². The number of fused-ring (bicyclic) bond motifs is 2. The largest absolute Gasteiger partial charge is 0.467 e. The molecule has 3 aromatic carbocycles. The summed E-state index contributed by atoms with van der Waals surface area (Å²) in [5.74, 6) is -2.77. The zero-order valence-electron chi connectivity index (χ0n) is 33.8. The van der Waals surface area contributed by atoms with Crippen LogP contribution in [0.4, 0.5) is 4.79 Å². The number of amides is 5. The number of benzene rings is 3. The molecule has 5 aromatic rings. The highest BCUT2D eigenvalue weighted by Gasteiger charge is 2.38. The van der Waals surface area contributed by atoms with Crippen LogP contribution in [-0.2, 0) is 41.5 Å². The third-order valence-corrected chi connectivity index (χ3v) is 10.8. The molecule has 7 atom stereocenters. The second-order valence-corrected chi connectivity index (χ2v) is 14.8. The normalized spacial score (nSPS) is 18.1. The van der Waals surface area contributed by atoms with Crippen molar-refractivity contribution in [3.8, 4) is 0 Å². The Balaban J connectivity index is 1.22. The van der Waals surface area contributed by atoms with Gasteiger partial charge in [0.1, 0.15) is 24.2 Å². The van der Waals surface area contributed by atoms with E-state index in [4.69, 9.17) is 15.2 Å². The molecule has 0 unspecified atom stereocenters. The Bertz CT molecular complexity index is 2520. The fraction of sp³-hybridized carbons (Fsp3) is 0.357. The Morgan fingerprint density at radius 1 is 0.951 bits per heavy atom. The number of rotatable bonds is 16. The Morgan fingerprint density at radius 3 is 2.41 bits per heavy atom. The summed E-state index contributed by atoms with van der Waals surface area (Å²) in [5.41, 5.74) is 6.47. The summed E-state index contributed by atoms with van der Waals surface area (Å²) in [5, 5.41) is 24.1. The molecule has 0 radical (unpaired) electrons. The molecule has 1 aliphatic rings. The van der Waals surface area contributed by atoms with Crippen LogP contribution in [0.1, 0.15) is 30.7 Å². The van der Waals surface area contributed by atoms with Crippen molar-refractivity contribution in [2.45, 2.75) is 68.8 Å². The number of nitrogens with two attached hydrogens (primary N) is 1. The number of para-hydroxylation sites is 1. The van der Waals surface area contributed by atoms with E-state index in [1.54, 1.807) is 12.3 Å². The molecular weight excluding hydrogens is 791 g/mol. The minimum Gasteiger partial charge on any atom is -0.467 e. The zero-order chi connectivity index (χ0) is 43.8. The number of hydrogen-bond acceptors (Lipinski definition) is 11. The second-order valence-electron chi connectivity index (χ2n) is 14.8. The molecule has 19 nitrogen and oxygen atoms in total. The van der Waals surface area contributed by atoms with Crippen LogP contribution in [0.3, 0.4) is 0 Å². The van der Waals surface area contributed by atoms with Gasteiger partial charge in [-0.2, -0.15) is 0 Å². The Morgan fingerprint density at radius 2 is 1.67 bits per heavy atom. The van der Waals surface area contributed by atoms with Gasteiger partial charge in [0.2, 0.25) is 17.7 Å². The molecule has 61 heavy (non-hydrogen) atoms. The maximum absolute atomic E-state index is 14.4. The number of H-pyrrole nitrogens is 2. The molecule has 3 heterocycles. The van der Waals surface area contributed by atoms with Gasteiger partial charge in [-0.15, -0.1) is 0 Å². The highest BCUT2D eigenvalue weighted by Crippen LogP contribution is 2.27. The molecule has 0 saturated carbocycles. The molecule has 0 aliphatic carbocycles. The molecule has 19 heteroatoms. The van der Waals surface area contributed by atoms with Crippen LogP contribution >= 0.6 is 0 Å². The van der Waals surface area contributed by atoms with Crippen molar-refractivity contribution >= 4 is 51.4 Å². The standard InChI is InChI=1S/C42H49N9O10/c1-23(50(2)35(54)20-43)36(38(56)45-22-28-19-33(52)39(61-28)51-15-14-34(53)48-42(51)59)49-37(55)31(17-24-12-13-25-8-4-5-9-26(25)16-24)46-41(58)47-32(40(57)60-3)18-27-21-44-30-11-7-6-10-29(27)30/h4-16,21,23,28,31-33,36,39,44,52H,17-20,22,43H2,1-3H3,(H,45,56)(H,49,55)(H2,46,47,58)(H,48,53,59)/t23-,28+,31-,32-,33+,36-,39+/m0/s1. The topological polar surface area (TPSA) is 272 Å². The van der Waals surface area contributed by atoms with Crippen LogP contribution in [0.15, 0.2) is 94.8 Å². The average molecular weight is 840 g/mol. The molecule has 6 rings (SSSR count). The number of aliphatic hydroxyl groups is 1. The van der Waals surface area contributed by atoms with E-state index in [0.717, 1.165) is 37.9 Å². The number of carbonyl (C=O) groups is 5. The van der Waals surface area contributed by atoms with Gasteiger partial charge in [-0.05, 0) is 34.9 Å². The molecule has 2 aromatic heterocycles. The van der Waals surface area contributed by atoms with E-state index >= 15 is 0 Å². The molecule has 9 N–H and O–H groups in total. The van der Waals surface area contributed by atoms with Crippen molar-refractivity contribution in [3.05, 3.63) is 117 Å². The zero-order valence-corrected chi connectivity index (χ0v) is 33.8. The maximum Gasteiger partial charge on any atom is 0.330 e. The SMILES string of the molecule is COC(=O)[C@H](Cc1c[nH]c2ccccc12)NC(=O)N[C@@H](Cc1ccc2ccccc2c1)C(=O)N[C@H](C(=O)NC[C@H]1C[C@@H](O)[C@H](n2ccc(=O)[nH]c2=O)O1)[C@H](C)N(C)C(=O)CN. The number of aliphatic hydroxyl groups excluding tert-OH is 1. The summed E-state index contributed by atoms with van der Waals surface area (Å²) in [4.78, 5) is 98.3. The highest BCUT2D eigenvalue weighted by molar-refractivity contribution is 5.94. The van der Waals surface area contributed by atoms with Crippen molar-refractivity contribution in [2.75, 3.05) is 27.2 Å². The number of aromatic nitrogens is 3. The number of methoxy groups -OCH3 is 1. The number of aromatic amines is 2. The lowest BCUT2D eigenvalue weighted by molar-refractivity contribution is -0.142. The van der Waals surface area contributed by atoms with Crippen LogP contribution in [-0.4, -0.2) is 118 Å². The predicted octanol–water partition coefficient (Wildman–Crippen LogP) is -0.0791. The number of urea groups is 1. The number of hydrogen-bond donors (Lipinski definition) is 8. The van der Waals surface area contributed by atoms with Gasteiger partial charge >= 0.3 is 17.7 Å². The predicted molar refractivity (Wildman–Crippen MR) is 223 cm³/mol. The van der Waals surface area contributed by atoms with Crippen LogP contribution in [0.2, 0.25) is 0 Å². The van der Waals surface area contributed by atoms with Gasteiger partial charge in [0, 0.05) is 62.2 Å². The quantitative estimate of drug-likeness (QED) is 0.0609. The van der Waals surface area contributed by atoms with E-state index in [0.29, 0.717) is 5.56 Å². The van der Waals surface area contributed by atoms with E-state index in [1.165, 1.54) is 32.2 Å². The van der Waals surface area contributed by atoms with E-state index in [1.807, 2.05) is 60.7 Å². The fourth-order valence-electron chi connectivity index (χ4n) is 7.34. The summed E-state index contributed by atoms with van der Waals surface area (Å²) in [6.45, 7) is 0.982. The number of likely N-dealkylation sites (N-methyl/N-ethyl adjacent to an activating group) is 1. The third kappa shape index (κ3) is 10.5. The van der Waals surface area contributed by atoms with Crippen molar-refractivity contribution in [2.24, 2.45) is 5.73 Å². The summed E-state index contributed by atoms with van der Waals surface area (Å²) < 4.78 is 11.9. The van der Waals surface area contributed by atoms with E-state index < -0.39 is 83.6 Å². The summed E-state index contributed by atoms with van der Waals surface area (Å²) in [7, 11) is 2.63. The van der Waals surface area contributed by atoms with Crippen molar-refractivity contribution in [3.63, 3.8) is 0 Å². The van der Waals surface area contributed by atoms with Crippen molar-refractivity contribution in [1.29, 1.82) is 0 Å². The minimum atomic E-state index is -1.41. The van der Waals surface area contributed by atoms with Gasteiger partial charge < -0.3 is 51.5 Å². The maximum atomic E-state index is 14.4. The highest BCUT2D eigenvalue weighted by atomic mass is 16.5. The Hall–Kier alpha value is -6.83. The smallest absolute Gasteiger partial charge is 0.330 e. The first-order chi connectivity index (χ1) is 29.3.